The largest absolute Gasteiger partial charge is 0.467 e. The van der Waals surface area contributed by atoms with E-state index in [1.165, 1.54) is 7.11 Å². The molecule has 5 nitrogen and oxygen atoms in total. The molecule has 1 saturated heterocycles. The molecular formula is C11H19NO4. The Bertz CT molecular complexity index is 254. The van der Waals surface area contributed by atoms with Gasteiger partial charge in [-0.2, -0.15) is 0 Å². The highest BCUT2D eigenvalue weighted by atomic mass is 16.5. The van der Waals surface area contributed by atoms with Crippen molar-refractivity contribution in [1.29, 1.82) is 0 Å². The van der Waals surface area contributed by atoms with Crippen LogP contribution in [0.1, 0.15) is 32.1 Å². The molecule has 0 radical (unpaired) electrons. The van der Waals surface area contributed by atoms with Crippen molar-refractivity contribution < 1.29 is 19.4 Å². The highest BCUT2D eigenvalue weighted by molar-refractivity contribution is 5.84. The van der Waals surface area contributed by atoms with Crippen LogP contribution < -0.4 is 0 Å². The molecular weight excluding hydrogens is 210 g/mol. The molecule has 1 rings (SSSR count). The van der Waals surface area contributed by atoms with Crippen molar-refractivity contribution >= 4 is 11.9 Å². The lowest BCUT2D eigenvalue weighted by Gasteiger charge is -2.33. The number of amides is 1. The molecule has 1 amide bonds. The maximum atomic E-state index is 11.8. The van der Waals surface area contributed by atoms with Gasteiger partial charge in [0.05, 0.1) is 7.11 Å². The second-order valence-electron chi connectivity index (χ2n) is 3.95. The summed E-state index contributed by atoms with van der Waals surface area (Å²) in [6.45, 7) is 0.618. The summed E-state index contributed by atoms with van der Waals surface area (Å²) in [6, 6.07) is -0.426. The van der Waals surface area contributed by atoms with E-state index in [2.05, 4.69) is 0 Å². The molecule has 1 heterocycles. The summed E-state index contributed by atoms with van der Waals surface area (Å²) >= 11 is 0. The quantitative estimate of drug-likeness (QED) is 0.705. The van der Waals surface area contributed by atoms with E-state index in [0.29, 0.717) is 25.8 Å². The number of aliphatic hydroxyl groups is 1. The Morgan fingerprint density at radius 3 is 2.81 bits per heavy atom. The minimum absolute atomic E-state index is 0.00245. The molecule has 0 aliphatic carbocycles. The number of carbonyl (C=O) groups excluding carboxylic acids is 2. The topological polar surface area (TPSA) is 66.8 Å². The lowest BCUT2D eigenvalue weighted by atomic mass is 10.0. The predicted molar refractivity (Wildman–Crippen MR) is 57.7 cm³/mol. The fourth-order valence-electron chi connectivity index (χ4n) is 1.99. The van der Waals surface area contributed by atoms with Gasteiger partial charge in [0.1, 0.15) is 6.04 Å². The standard InChI is InChI=1S/C11H19NO4/c1-16-11(15)9-5-2-3-7-12(9)10(14)6-4-8-13/h9,13H,2-8H2,1H3. The highest BCUT2D eigenvalue weighted by Crippen LogP contribution is 2.19. The van der Waals surface area contributed by atoms with Gasteiger partial charge in [-0.3, -0.25) is 4.79 Å². The van der Waals surface area contributed by atoms with Crippen molar-refractivity contribution in [3.05, 3.63) is 0 Å². The number of piperidine rings is 1. The van der Waals surface area contributed by atoms with Gasteiger partial charge < -0.3 is 14.7 Å². The van der Waals surface area contributed by atoms with Gasteiger partial charge in [-0.25, -0.2) is 4.79 Å². The first-order valence-corrected chi connectivity index (χ1v) is 5.69. The molecule has 92 valence electrons. The monoisotopic (exact) mass is 229 g/mol. The van der Waals surface area contributed by atoms with Crippen LogP contribution in [-0.4, -0.2) is 48.2 Å². The summed E-state index contributed by atoms with van der Waals surface area (Å²) in [5.74, 6) is -0.402. The average molecular weight is 229 g/mol. The van der Waals surface area contributed by atoms with Crippen LogP contribution in [0, 0.1) is 0 Å². The predicted octanol–water partition coefficient (Wildman–Crippen LogP) is 0.313. The maximum absolute atomic E-state index is 11.8. The number of hydrogen-bond donors (Lipinski definition) is 1. The minimum Gasteiger partial charge on any atom is -0.467 e. The van der Waals surface area contributed by atoms with Crippen LogP contribution in [-0.2, 0) is 14.3 Å². The summed E-state index contributed by atoms with van der Waals surface area (Å²) in [4.78, 5) is 24.9. The molecule has 1 aliphatic heterocycles. The van der Waals surface area contributed by atoms with Gasteiger partial charge in [-0.05, 0) is 25.7 Å². The van der Waals surface area contributed by atoms with Crippen molar-refractivity contribution in [2.45, 2.75) is 38.1 Å². The van der Waals surface area contributed by atoms with E-state index in [0.717, 1.165) is 12.8 Å². The van der Waals surface area contributed by atoms with E-state index in [1.807, 2.05) is 0 Å². The minimum atomic E-state index is -0.426. The second-order valence-corrected chi connectivity index (χ2v) is 3.95. The fourth-order valence-corrected chi connectivity index (χ4v) is 1.99. The summed E-state index contributed by atoms with van der Waals surface area (Å²) in [5.41, 5.74) is 0. The van der Waals surface area contributed by atoms with E-state index in [4.69, 9.17) is 9.84 Å². The summed E-state index contributed by atoms with van der Waals surface area (Å²) in [5, 5.41) is 8.67. The molecule has 1 aliphatic rings. The Kier molecular flexibility index (Phi) is 5.25. The van der Waals surface area contributed by atoms with Crippen LogP contribution in [0.3, 0.4) is 0 Å². The molecule has 0 spiro atoms. The van der Waals surface area contributed by atoms with Crippen molar-refractivity contribution in [1.82, 2.24) is 4.90 Å². The molecule has 0 aromatic rings. The molecule has 1 N–H and O–H groups in total. The average Bonchev–Trinajstić information content (AvgIpc) is 2.35. The summed E-state index contributed by atoms with van der Waals surface area (Å²) < 4.78 is 4.69. The normalized spacial score (nSPS) is 20.6. The van der Waals surface area contributed by atoms with Crippen LogP contribution in [0.2, 0.25) is 0 Å². The van der Waals surface area contributed by atoms with Crippen molar-refractivity contribution in [3.8, 4) is 0 Å². The van der Waals surface area contributed by atoms with Crippen LogP contribution >= 0.6 is 0 Å². The van der Waals surface area contributed by atoms with Crippen molar-refractivity contribution in [2.75, 3.05) is 20.3 Å². The summed E-state index contributed by atoms with van der Waals surface area (Å²) in [6.07, 6.45) is 3.30. The highest BCUT2D eigenvalue weighted by Gasteiger charge is 2.32. The van der Waals surface area contributed by atoms with E-state index < -0.39 is 6.04 Å². The molecule has 1 fully saturated rings. The maximum Gasteiger partial charge on any atom is 0.328 e. The summed E-state index contributed by atoms with van der Waals surface area (Å²) in [7, 11) is 1.34. The van der Waals surface area contributed by atoms with Crippen LogP contribution in [0.15, 0.2) is 0 Å². The molecule has 0 aromatic carbocycles. The molecule has 1 atom stereocenters. The molecule has 16 heavy (non-hydrogen) atoms. The lowest BCUT2D eigenvalue weighted by Crippen LogP contribution is -2.48. The zero-order valence-electron chi connectivity index (χ0n) is 9.65. The van der Waals surface area contributed by atoms with Gasteiger partial charge in [0.25, 0.3) is 0 Å². The molecule has 0 aromatic heterocycles. The van der Waals surface area contributed by atoms with E-state index in [-0.39, 0.29) is 18.5 Å². The second kappa shape index (κ2) is 6.48. The zero-order chi connectivity index (χ0) is 12.0. The van der Waals surface area contributed by atoms with Crippen LogP contribution in [0.5, 0.6) is 0 Å². The van der Waals surface area contributed by atoms with Gasteiger partial charge in [0.15, 0.2) is 0 Å². The Hall–Kier alpha value is -1.10. The lowest BCUT2D eigenvalue weighted by molar-refractivity contribution is -0.154. The first-order chi connectivity index (χ1) is 7.70. The number of esters is 1. The van der Waals surface area contributed by atoms with Gasteiger partial charge >= 0.3 is 5.97 Å². The van der Waals surface area contributed by atoms with Gasteiger partial charge in [0.2, 0.25) is 5.91 Å². The number of rotatable bonds is 4. The third kappa shape index (κ3) is 3.20. The Morgan fingerprint density at radius 2 is 2.19 bits per heavy atom. The number of likely N-dealkylation sites (tertiary alicyclic amines) is 1. The van der Waals surface area contributed by atoms with Gasteiger partial charge in [0, 0.05) is 19.6 Å². The van der Waals surface area contributed by atoms with Crippen LogP contribution in [0.25, 0.3) is 0 Å². The molecule has 0 saturated carbocycles. The van der Waals surface area contributed by atoms with E-state index in [1.54, 1.807) is 4.90 Å². The van der Waals surface area contributed by atoms with Gasteiger partial charge in [-0.15, -0.1) is 0 Å². The fraction of sp³-hybridized carbons (Fsp3) is 0.818. The number of aliphatic hydroxyl groups excluding tert-OH is 1. The number of nitrogens with zero attached hydrogens (tertiary/aromatic N) is 1. The molecule has 5 heteroatoms. The third-order valence-electron chi connectivity index (χ3n) is 2.85. The van der Waals surface area contributed by atoms with Crippen LogP contribution in [0.4, 0.5) is 0 Å². The number of methoxy groups -OCH3 is 1. The molecule has 0 bridgehead atoms. The molecule has 1 unspecified atom stereocenters. The zero-order valence-corrected chi connectivity index (χ0v) is 9.65. The number of ether oxygens (including phenoxy) is 1. The first kappa shape index (κ1) is 13.0. The van der Waals surface area contributed by atoms with Crippen molar-refractivity contribution in [3.63, 3.8) is 0 Å². The van der Waals surface area contributed by atoms with E-state index in [9.17, 15) is 9.59 Å². The Morgan fingerprint density at radius 1 is 1.44 bits per heavy atom. The van der Waals surface area contributed by atoms with Gasteiger partial charge in [-0.1, -0.05) is 0 Å². The number of carbonyl (C=O) groups is 2. The first-order valence-electron chi connectivity index (χ1n) is 5.69. The Labute approximate surface area is 95.4 Å². The SMILES string of the molecule is COC(=O)C1CCCCN1C(=O)CCCO. The Balaban J connectivity index is 2.59. The van der Waals surface area contributed by atoms with Crippen molar-refractivity contribution in [2.24, 2.45) is 0 Å². The van der Waals surface area contributed by atoms with E-state index >= 15 is 0 Å². The third-order valence-corrected chi connectivity index (χ3v) is 2.85. The smallest absolute Gasteiger partial charge is 0.328 e. The number of hydrogen-bond acceptors (Lipinski definition) is 4.